The highest BCUT2D eigenvalue weighted by Gasteiger charge is 2.19. The van der Waals surface area contributed by atoms with E-state index in [1.165, 1.54) is 10.8 Å². The van der Waals surface area contributed by atoms with Crippen molar-refractivity contribution in [3.8, 4) is 16.9 Å². The average Bonchev–Trinajstić information content (AvgIpc) is 3.37. The molecular weight excluding hydrogens is 472 g/mol. The van der Waals surface area contributed by atoms with Gasteiger partial charge in [0.15, 0.2) is 0 Å². The molecular formula is C33H26N2O3. The van der Waals surface area contributed by atoms with E-state index in [9.17, 15) is 4.79 Å². The largest absolute Gasteiger partial charge is 0.496 e. The van der Waals surface area contributed by atoms with Crippen LogP contribution in [0.4, 0.5) is 5.69 Å². The lowest BCUT2D eigenvalue weighted by atomic mass is 9.95. The molecule has 5 heteroatoms. The smallest absolute Gasteiger partial charge is 0.248 e. The molecule has 4 aromatic carbocycles. The van der Waals surface area contributed by atoms with Crippen LogP contribution in [-0.4, -0.2) is 18.0 Å². The Morgan fingerprint density at radius 3 is 2.63 bits per heavy atom. The second-order valence-electron chi connectivity index (χ2n) is 9.36. The number of benzene rings is 4. The SMILES string of the molecule is COc1c(/C(C)=C/C(=O)Nc2cccc3ncccc23)cc2c(-c3ccc4ccccc4c3)coc2c1C. The third-order valence-corrected chi connectivity index (χ3v) is 6.98. The third-order valence-electron chi connectivity index (χ3n) is 6.98. The molecule has 0 unspecified atom stereocenters. The van der Waals surface area contributed by atoms with Gasteiger partial charge in [0.05, 0.1) is 24.6 Å². The number of aryl methyl sites for hydroxylation is 1. The van der Waals surface area contributed by atoms with Gasteiger partial charge < -0.3 is 14.5 Å². The van der Waals surface area contributed by atoms with Crippen LogP contribution in [0.2, 0.25) is 0 Å². The van der Waals surface area contributed by atoms with Crippen LogP contribution < -0.4 is 10.1 Å². The highest BCUT2D eigenvalue weighted by Crippen LogP contribution is 2.41. The van der Waals surface area contributed by atoms with E-state index < -0.39 is 0 Å². The number of methoxy groups -OCH3 is 1. The molecule has 1 N–H and O–H groups in total. The fraction of sp³-hybridized carbons (Fsp3) is 0.0909. The summed E-state index contributed by atoms with van der Waals surface area (Å²) in [6, 6.07) is 26.3. The molecule has 0 radical (unpaired) electrons. The van der Waals surface area contributed by atoms with E-state index in [2.05, 4.69) is 46.7 Å². The number of carbonyl (C=O) groups excluding carboxylic acids is 1. The maximum Gasteiger partial charge on any atom is 0.248 e. The number of nitrogens with one attached hydrogen (secondary N) is 1. The predicted octanol–water partition coefficient (Wildman–Crippen LogP) is 8.16. The Hall–Kier alpha value is -4.90. The molecule has 6 rings (SSSR count). The van der Waals surface area contributed by atoms with Crippen molar-refractivity contribution in [2.75, 3.05) is 12.4 Å². The van der Waals surface area contributed by atoms with E-state index in [1.54, 1.807) is 25.6 Å². The van der Waals surface area contributed by atoms with Crippen molar-refractivity contribution in [1.82, 2.24) is 4.98 Å². The van der Waals surface area contributed by atoms with Crippen molar-refractivity contribution in [3.63, 3.8) is 0 Å². The van der Waals surface area contributed by atoms with Gasteiger partial charge in [0.25, 0.3) is 0 Å². The van der Waals surface area contributed by atoms with Gasteiger partial charge in [-0.25, -0.2) is 0 Å². The first-order chi connectivity index (χ1) is 18.5. The quantitative estimate of drug-likeness (QED) is 0.244. The van der Waals surface area contributed by atoms with Crippen molar-refractivity contribution in [3.05, 3.63) is 109 Å². The summed E-state index contributed by atoms with van der Waals surface area (Å²) in [7, 11) is 1.64. The normalized spacial score (nSPS) is 11.8. The van der Waals surface area contributed by atoms with Crippen LogP contribution in [-0.2, 0) is 4.79 Å². The Morgan fingerprint density at radius 2 is 1.79 bits per heavy atom. The van der Waals surface area contributed by atoms with Gasteiger partial charge in [0.1, 0.15) is 11.3 Å². The van der Waals surface area contributed by atoms with Crippen molar-refractivity contribution in [2.24, 2.45) is 0 Å². The minimum atomic E-state index is -0.222. The number of rotatable bonds is 5. The summed E-state index contributed by atoms with van der Waals surface area (Å²) in [4.78, 5) is 17.5. The van der Waals surface area contributed by atoms with Crippen LogP contribution in [0, 0.1) is 6.92 Å². The van der Waals surface area contributed by atoms with Crippen LogP contribution in [0.15, 0.2) is 102 Å². The lowest BCUT2D eigenvalue weighted by Gasteiger charge is -2.14. The van der Waals surface area contributed by atoms with Crippen molar-refractivity contribution in [2.45, 2.75) is 13.8 Å². The second-order valence-corrected chi connectivity index (χ2v) is 9.36. The predicted molar refractivity (Wildman–Crippen MR) is 154 cm³/mol. The van der Waals surface area contributed by atoms with Gasteiger partial charge in [-0.3, -0.25) is 9.78 Å². The van der Waals surface area contributed by atoms with Gasteiger partial charge in [-0.2, -0.15) is 0 Å². The number of allylic oxidation sites excluding steroid dienone is 1. The molecule has 38 heavy (non-hydrogen) atoms. The molecule has 5 nitrogen and oxygen atoms in total. The van der Waals surface area contributed by atoms with Gasteiger partial charge in [-0.05, 0) is 72.2 Å². The monoisotopic (exact) mass is 498 g/mol. The minimum absolute atomic E-state index is 0.222. The summed E-state index contributed by atoms with van der Waals surface area (Å²) in [6.45, 7) is 3.90. The van der Waals surface area contributed by atoms with Gasteiger partial charge >= 0.3 is 0 Å². The van der Waals surface area contributed by atoms with Gasteiger partial charge in [-0.15, -0.1) is 0 Å². The van der Waals surface area contributed by atoms with E-state index in [0.717, 1.165) is 55.4 Å². The zero-order valence-corrected chi connectivity index (χ0v) is 21.4. The summed E-state index contributed by atoms with van der Waals surface area (Å²) < 4.78 is 11.8. The molecule has 0 bridgehead atoms. The number of pyridine rings is 1. The van der Waals surface area contributed by atoms with Crippen LogP contribution in [0.3, 0.4) is 0 Å². The molecule has 6 aromatic rings. The van der Waals surface area contributed by atoms with Crippen LogP contribution in [0.5, 0.6) is 5.75 Å². The standard InChI is InChI=1S/C33H26N2O3/c1-20(16-31(36)35-30-12-6-11-29-25(30)10-7-15-34-29)26-18-27-28(19-38-33(27)21(2)32(26)37-3)24-14-13-22-8-4-5-9-23(22)17-24/h4-19H,1-3H3,(H,35,36)/b20-16+. The third kappa shape index (κ3) is 4.08. The molecule has 2 aromatic heterocycles. The van der Waals surface area contributed by atoms with Crippen molar-refractivity contribution in [1.29, 1.82) is 0 Å². The number of carbonyl (C=O) groups is 1. The zero-order chi connectivity index (χ0) is 26.2. The Morgan fingerprint density at radius 1 is 0.947 bits per heavy atom. The van der Waals surface area contributed by atoms with Crippen LogP contribution >= 0.6 is 0 Å². The molecule has 2 heterocycles. The van der Waals surface area contributed by atoms with Crippen LogP contribution in [0.1, 0.15) is 18.1 Å². The molecule has 0 saturated carbocycles. The topological polar surface area (TPSA) is 64.4 Å². The van der Waals surface area contributed by atoms with Gasteiger partial charge in [-0.1, -0.05) is 42.5 Å². The molecule has 0 fully saturated rings. The fourth-order valence-corrected chi connectivity index (χ4v) is 5.11. The number of hydrogen-bond donors (Lipinski definition) is 1. The maximum atomic E-state index is 13.1. The average molecular weight is 499 g/mol. The van der Waals surface area contributed by atoms with Crippen molar-refractivity contribution < 1.29 is 13.9 Å². The Labute approximate surface area is 220 Å². The summed E-state index contributed by atoms with van der Waals surface area (Å²) in [6.07, 6.45) is 5.14. The summed E-state index contributed by atoms with van der Waals surface area (Å²) in [5.74, 6) is 0.466. The Balaban J connectivity index is 1.41. The number of furan rings is 1. The molecule has 1 amide bonds. The highest BCUT2D eigenvalue weighted by atomic mass is 16.5. The number of hydrogen-bond acceptors (Lipinski definition) is 4. The molecule has 186 valence electrons. The molecule has 0 saturated heterocycles. The summed E-state index contributed by atoms with van der Waals surface area (Å²) >= 11 is 0. The fourth-order valence-electron chi connectivity index (χ4n) is 5.11. The molecule has 0 atom stereocenters. The summed E-state index contributed by atoms with van der Waals surface area (Å²) in [5.41, 5.74) is 6.91. The number of fused-ring (bicyclic) bond motifs is 3. The first kappa shape index (κ1) is 23.5. The highest BCUT2D eigenvalue weighted by molar-refractivity contribution is 6.09. The maximum absolute atomic E-state index is 13.1. The second kappa shape index (κ2) is 9.52. The number of anilines is 1. The summed E-state index contributed by atoms with van der Waals surface area (Å²) in [5, 5.41) is 7.23. The van der Waals surface area contributed by atoms with E-state index >= 15 is 0 Å². The van der Waals surface area contributed by atoms with Gasteiger partial charge in [0.2, 0.25) is 5.91 Å². The van der Waals surface area contributed by atoms with E-state index in [4.69, 9.17) is 9.15 Å². The Bertz CT molecular complexity index is 1880. The lowest BCUT2D eigenvalue weighted by Crippen LogP contribution is -2.09. The Kier molecular flexibility index (Phi) is 5.89. The number of aromatic nitrogens is 1. The van der Waals surface area contributed by atoms with Crippen molar-refractivity contribution >= 4 is 49.8 Å². The number of ether oxygens (including phenoxy) is 1. The van der Waals surface area contributed by atoms with Gasteiger partial charge in [0, 0.05) is 39.7 Å². The van der Waals surface area contributed by atoms with Crippen LogP contribution in [0.25, 0.3) is 49.3 Å². The molecule has 0 aliphatic rings. The number of nitrogens with zero attached hydrogens (tertiary/aromatic N) is 1. The minimum Gasteiger partial charge on any atom is -0.496 e. The zero-order valence-electron chi connectivity index (χ0n) is 21.4. The lowest BCUT2D eigenvalue weighted by molar-refractivity contribution is -0.111. The van der Waals surface area contributed by atoms with E-state index in [0.29, 0.717) is 5.75 Å². The molecule has 0 aliphatic heterocycles. The number of amides is 1. The van der Waals surface area contributed by atoms with E-state index in [1.807, 2.05) is 56.3 Å². The molecule has 0 aliphatic carbocycles. The first-order valence-corrected chi connectivity index (χ1v) is 12.4. The first-order valence-electron chi connectivity index (χ1n) is 12.4. The van der Waals surface area contributed by atoms with E-state index in [-0.39, 0.29) is 5.91 Å². The molecule has 0 spiro atoms.